The van der Waals surface area contributed by atoms with Crippen LogP contribution in [0, 0.1) is 0 Å². The van der Waals surface area contributed by atoms with Gasteiger partial charge in [-0.05, 0) is 58.0 Å². The Hall–Kier alpha value is -6.09. The lowest BCUT2D eigenvalue weighted by molar-refractivity contribution is 0.163. The maximum absolute atomic E-state index is 7.48. The molecule has 2 heterocycles. The van der Waals surface area contributed by atoms with Gasteiger partial charge in [-0.15, -0.1) is 4.98 Å². The summed E-state index contributed by atoms with van der Waals surface area (Å²) in [6.45, 7) is 4.57. The highest BCUT2D eigenvalue weighted by Crippen LogP contribution is 2.59. The molecule has 0 bridgehead atoms. The van der Waals surface area contributed by atoms with Crippen molar-refractivity contribution in [3.05, 3.63) is 119 Å². The highest BCUT2D eigenvalue weighted by atomic mass is 16.5. The van der Waals surface area contributed by atoms with E-state index < -0.39 is 5.60 Å². The molecule has 0 radical (unpaired) electrons. The van der Waals surface area contributed by atoms with Crippen LogP contribution in [0.25, 0.3) is 39.4 Å². The topological polar surface area (TPSA) is 94.1 Å². The molecule has 0 fully saturated rings. The molecule has 9 heteroatoms. The Balaban J connectivity index is 1.38. The number of rotatable bonds is 8. The summed E-state index contributed by atoms with van der Waals surface area (Å²) in [4.78, 5) is 13.1. The van der Waals surface area contributed by atoms with Crippen molar-refractivity contribution >= 4 is 16.8 Å². The highest BCUT2D eigenvalue weighted by molar-refractivity contribution is 6.09. The third-order valence-corrected chi connectivity index (χ3v) is 10.1. The fourth-order valence-corrected chi connectivity index (χ4v) is 7.61. The van der Waals surface area contributed by atoms with E-state index >= 15 is 0 Å². The normalized spacial score (nSPS) is 16.5. The van der Waals surface area contributed by atoms with E-state index in [0.717, 1.165) is 44.5 Å². The predicted molar refractivity (Wildman–Crippen MR) is 196 cm³/mol. The highest BCUT2D eigenvalue weighted by Gasteiger charge is 2.44. The second-order valence-corrected chi connectivity index (χ2v) is 13.0. The fourth-order valence-electron chi connectivity index (χ4n) is 7.61. The molecular weight excluding hydrogens is 642 g/mol. The van der Waals surface area contributed by atoms with E-state index in [9.17, 15) is 0 Å². The van der Waals surface area contributed by atoms with Crippen LogP contribution in [-0.4, -0.2) is 50.5 Å². The van der Waals surface area contributed by atoms with Crippen LogP contribution in [0.15, 0.2) is 91.0 Å². The molecule has 0 amide bonds. The average Bonchev–Trinajstić information content (AvgIpc) is 3.43. The van der Waals surface area contributed by atoms with Crippen LogP contribution in [0.5, 0.6) is 35.0 Å². The number of ether oxygens (including phenoxy) is 6. The largest absolute Gasteiger partial charge is 0.497 e. The van der Waals surface area contributed by atoms with Gasteiger partial charge in [-0.1, -0.05) is 80.6 Å². The standard InChI is InChI=1S/C42H37N3O6/c1-41(2)32-11-9-8-10-28(32)35-30-22-33(47-4)34(48-5)23-31(30)37-29(36(35)41)20-21-42(51-37,26-16-18-27(46-3)19-17-26)25-14-12-24(13-15-25)38-43-39(49-6)45-40(44-38)50-7/h8-23H,1-7H3. The molecule has 5 aromatic carbocycles. The molecule has 1 atom stereocenters. The van der Waals surface area contributed by atoms with E-state index in [-0.39, 0.29) is 17.4 Å². The Morgan fingerprint density at radius 2 is 1.24 bits per heavy atom. The Morgan fingerprint density at radius 3 is 1.84 bits per heavy atom. The van der Waals surface area contributed by atoms with Gasteiger partial charge in [-0.2, -0.15) is 9.97 Å². The van der Waals surface area contributed by atoms with Crippen molar-refractivity contribution in [3.63, 3.8) is 0 Å². The Morgan fingerprint density at radius 1 is 0.627 bits per heavy atom. The molecule has 1 aromatic heterocycles. The second kappa shape index (κ2) is 12.1. The molecular formula is C42H37N3O6. The molecule has 1 unspecified atom stereocenters. The second-order valence-electron chi connectivity index (χ2n) is 13.0. The molecule has 0 N–H and O–H groups in total. The average molecular weight is 680 g/mol. The first-order chi connectivity index (χ1) is 24.8. The van der Waals surface area contributed by atoms with Crippen molar-refractivity contribution in [1.82, 2.24) is 15.0 Å². The van der Waals surface area contributed by atoms with Gasteiger partial charge in [-0.3, -0.25) is 0 Å². The van der Waals surface area contributed by atoms with E-state index in [1.165, 1.54) is 36.5 Å². The molecule has 2 aliphatic rings. The predicted octanol–water partition coefficient (Wildman–Crippen LogP) is 8.39. The number of methoxy groups -OCH3 is 5. The van der Waals surface area contributed by atoms with E-state index in [4.69, 9.17) is 28.4 Å². The summed E-state index contributed by atoms with van der Waals surface area (Å²) in [6, 6.07) is 29.1. The molecule has 0 saturated heterocycles. The first kappa shape index (κ1) is 32.1. The summed E-state index contributed by atoms with van der Waals surface area (Å²) in [5, 5.41) is 1.96. The Labute approximate surface area is 296 Å². The number of hydrogen-bond acceptors (Lipinski definition) is 9. The number of benzene rings is 5. The minimum Gasteiger partial charge on any atom is -0.497 e. The molecule has 1 aliphatic carbocycles. The number of nitrogens with zero attached hydrogens (tertiary/aromatic N) is 3. The van der Waals surface area contributed by atoms with Crippen molar-refractivity contribution in [1.29, 1.82) is 0 Å². The Kier molecular flexibility index (Phi) is 7.59. The van der Waals surface area contributed by atoms with Gasteiger partial charge in [0, 0.05) is 33.1 Å². The van der Waals surface area contributed by atoms with Crippen molar-refractivity contribution < 1.29 is 28.4 Å². The fraction of sp³-hybridized carbons (Fsp3) is 0.214. The van der Waals surface area contributed by atoms with Crippen LogP contribution in [0.4, 0.5) is 0 Å². The van der Waals surface area contributed by atoms with Crippen molar-refractivity contribution in [2.24, 2.45) is 0 Å². The van der Waals surface area contributed by atoms with E-state index in [1.54, 1.807) is 21.3 Å². The molecule has 0 spiro atoms. The van der Waals surface area contributed by atoms with Gasteiger partial charge in [0.25, 0.3) is 0 Å². The number of fused-ring (bicyclic) bond motifs is 8. The van der Waals surface area contributed by atoms with Crippen molar-refractivity contribution in [2.75, 3.05) is 35.5 Å². The molecule has 256 valence electrons. The Bertz CT molecular complexity index is 2330. The van der Waals surface area contributed by atoms with E-state index in [2.05, 4.69) is 71.3 Å². The lowest BCUT2D eigenvalue weighted by atomic mass is 9.76. The van der Waals surface area contributed by atoms with Gasteiger partial charge in [0.1, 0.15) is 11.5 Å². The lowest BCUT2D eigenvalue weighted by Gasteiger charge is -2.38. The molecule has 9 nitrogen and oxygen atoms in total. The number of aromatic nitrogens is 3. The third-order valence-electron chi connectivity index (χ3n) is 10.1. The van der Waals surface area contributed by atoms with Gasteiger partial charge >= 0.3 is 12.0 Å². The molecule has 51 heavy (non-hydrogen) atoms. The first-order valence-electron chi connectivity index (χ1n) is 16.6. The zero-order valence-electron chi connectivity index (χ0n) is 29.5. The number of hydrogen-bond donors (Lipinski definition) is 0. The van der Waals surface area contributed by atoms with E-state index in [1.807, 2.05) is 54.6 Å². The molecule has 0 saturated carbocycles. The lowest BCUT2D eigenvalue weighted by Crippen LogP contribution is -2.35. The van der Waals surface area contributed by atoms with Crippen molar-refractivity contribution in [3.8, 4) is 57.5 Å². The smallest absolute Gasteiger partial charge is 0.322 e. The van der Waals surface area contributed by atoms with Crippen LogP contribution < -0.4 is 28.4 Å². The molecule has 6 aromatic rings. The zero-order chi connectivity index (χ0) is 35.5. The minimum atomic E-state index is -1.02. The summed E-state index contributed by atoms with van der Waals surface area (Å²) >= 11 is 0. The maximum Gasteiger partial charge on any atom is 0.322 e. The summed E-state index contributed by atoms with van der Waals surface area (Å²) in [7, 11) is 8.01. The first-order valence-corrected chi connectivity index (χ1v) is 16.6. The monoisotopic (exact) mass is 679 g/mol. The summed E-state index contributed by atoms with van der Waals surface area (Å²) in [6.07, 6.45) is 4.38. The van der Waals surface area contributed by atoms with Gasteiger partial charge < -0.3 is 28.4 Å². The van der Waals surface area contributed by atoms with E-state index in [0.29, 0.717) is 17.3 Å². The maximum atomic E-state index is 7.48. The van der Waals surface area contributed by atoms with Gasteiger partial charge in [0.05, 0.1) is 35.5 Å². The summed E-state index contributed by atoms with van der Waals surface area (Å²) < 4.78 is 35.3. The summed E-state index contributed by atoms with van der Waals surface area (Å²) in [5.41, 5.74) is 7.20. The van der Waals surface area contributed by atoms with Crippen LogP contribution in [0.3, 0.4) is 0 Å². The summed E-state index contributed by atoms with van der Waals surface area (Å²) in [5.74, 6) is 3.23. The van der Waals surface area contributed by atoms with Gasteiger partial charge in [-0.25, -0.2) is 0 Å². The zero-order valence-corrected chi connectivity index (χ0v) is 29.5. The SMILES string of the molecule is COc1ccc(C2(c3ccc(-c4nc(OC)nc(OC)n4)cc3)C=Cc3c4c(c5cc(OC)c(OC)cc5c3O2)-c2ccccc2C4(C)C)cc1. The van der Waals surface area contributed by atoms with Crippen molar-refractivity contribution in [2.45, 2.75) is 24.9 Å². The molecule has 1 aliphatic heterocycles. The molecule has 8 rings (SSSR count). The van der Waals surface area contributed by atoms with Crippen LogP contribution in [0.2, 0.25) is 0 Å². The van der Waals surface area contributed by atoms with Crippen LogP contribution in [0.1, 0.15) is 41.7 Å². The minimum absolute atomic E-state index is 0.169. The quantitative estimate of drug-likeness (QED) is 0.157. The van der Waals surface area contributed by atoms with Crippen LogP contribution in [-0.2, 0) is 11.0 Å². The van der Waals surface area contributed by atoms with Crippen LogP contribution >= 0.6 is 0 Å². The third kappa shape index (κ3) is 4.86. The van der Waals surface area contributed by atoms with Gasteiger partial charge in [0.15, 0.2) is 22.9 Å². The van der Waals surface area contributed by atoms with Gasteiger partial charge in [0.2, 0.25) is 0 Å².